The highest BCUT2D eigenvalue weighted by Crippen LogP contribution is 2.36. The number of anilines is 1. The number of aliphatic hydroxyl groups is 1. The summed E-state index contributed by atoms with van der Waals surface area (Å²) in [5.74, 6) is 0. The average molecular weight is 450 g/mol. The lowest BCUT2D eigenvalue weighted by Gasteiger charge is -2.15. The van der Waals surface area contributed by atoms with Crippen molar-refractivity contribution in [2.24, 2.45) is 4.36 Å². The van der Waals surface area contributed by atoms with Gasteiger partial charge in [0.25, 0.3) is 0 Å². The molecule has 2 aromatic rings. The van der Waals surface area contributed by atoms with Crippen LogP contribution in [0, 0.1) is 0 Å². The smallest absolute Gasteiger partial charge is 0.322 e. The van der Waals surface area contributed by atoms with E-state index in [1.54, 1.807) is 13.8 Å². The van der Waals surface area contributed by atoms with Crippen LogP contribution in [0.4, 0.5) is 10.5 Å². The minimum atomic E-state index is -1.95. The number of pyridine rings is 1. The number of carbonyl (C=O) groups excluding carboxylic acids is 1. The van der Waals surface area contributed by atoms with Crippen LogP contribution in [0.2, 0.25) is 0 Å². The lowest BCUT2D eigenvalue weighted by Crippen LogP contribution is -2.15. The maximum atomic E-state index is 12.9. The van der Waals surface area contributed by atoms with Crippen LogP contribution < -0.4 is 5.32 Å². The summed E-state index contributed by atoms with van der Waals surface area (Å²) in [5, 5.41) is 13.5. The van der Waals surface area contributed by atoms with Gasteiger partial charge >= 0.3 is 6.03 Å². The molecule has 2 aliphatic carbocycles. The van der Waals surface area contributed by atoms with Crippen LogP contribution in [0.5, 0.6) is 0 Å². The van der Waals surface area contributed by atoms with Crippen molar-refractivity contribution in [1.29, 1.82) is 0 Å². The van der Waals surface area contributed by atoms with Crippen molar-refractivity contribution in [3.63, 3.8) is 0 Å². The summed E-state index contributed by atoms with van der Waals surface area (Å²) in [6, 6.07) is -0.649. The van der Waals surface area contributed by atoms with E-state index in [9.17, 15) is 14.1 Å². The summed E-state index contributed by atoms with van der Waals surface area (Å²) in [4.78, 5) is 21.8. The Morgan fingerprint density at radius 2 is 1.83 bits per heavy atom. The molecule has 0 aliphatic heterocycles. The summed E-state index contributed by atoms with van der Waals surface area (Å²) in [6.45, 7) is 3.32. The summed E-state index contributed by atoms with van der Waals surface area (Å²) in [6.07, 6.45) is 5.67. The summed E-state index contributed by atoms with van der Waals surface area (Å²) in [7, 11) is -0.444. The van der Waals surface area contributed by atoms with Crippen LogP contribution in [0.3, 0.4) is 0 Å². The standard InChI is InChI=1S/C20H25N4O4S2/c1-20(2,26)18-22-15(10-28-3)17(29-18)30(27)24-19(25)23-16-11-6-4-8-13(11)21-14-9-5-7-12(14)16/h26H,4-10H2,1-3H3,(H,21,23,25)/q-1. The molecule has 2 N–H and O–H groups in total. The number of hydrogen-bond donors (Lipinski definition) is 2. The highest BCUT2D eigenvalue weighted by atomic mass is 32.2. The number of methoxy groups -OCH3 is 1. The number of rotatable bonds is 5. The van der Waals surface area contributed by atoms with E-state index < -0.39 is 22.2 Å². The Kier molecular flexibility index (Phi) is 5.93. The van der Waals surface area contributed by atoms with Crippen molar-refractivity contribution in [2.75, 3.05) is 12.4 Å². The van der Waals surface area contributed by atoms with Crippen molar-refractivity contribution in [3.05, 3.63) is 33.2 Å². The topological polar surface area (TPSA) is 114 Å². The molecule has 0 fully saturated rings. The third-order valence-corrected chi connectivity index (χ3v) is 8.04. The Bertz CT molecular complexity index is 1050. The number of urea groups is 1. The molecule has 0 spiro atoms. The molecule has 2 aliphatic rings. The molecular formula is C20H25N4O4S2-. The molecule has 0 atom stereocenters. The Labute approximate surface area is 181 Å². The fourth-order valence-corrected chi connectivity index (χ4v) is 5.97. The lowest BCUT2D eigenvalue weighted by atomic mass is 10.1. The molecule has 2 amide bonds. The van der Waals surface area contributed by atoms with Gasteiger partial charge in [0.2, 0.25) is 0 Å². The second-order valence-electron chi connectivity index (χ2n) is 8.06. The van der Waals surface area contributed by atoms with Gasteiger partial charge in [-0.1, -0.05) is 0 Å². The molecule has 0 saturated heterocycles. The van der Waals surface area contributed by atoms with Crippen molar-refractivity contribution >= 4 is 33.7 Å². The Hall–Kier alpha value is -1.88. The van der Waals surface area contributed by atoms with Gasteiger partial charge < -0.3 is 23.7 Å². The van der Waals surface area contributed by atoms with Crippen LogP contribution in [0.1, 0.15) is 59.9 Å². The number of thiazole rings is 1. The highest BCUT2D eigenvalue weighted by Gasteiger charge is 2.26. The van der Waals surface area contributed by atoms with Gasteiger partial charge in [0.05, 0.1) is 18.0 Å². The molecule has 0 radical (unpaired) electrons. The van der Waals surface area contributed by atoms with Crippen molar-refractivity contribution in [2.45, 2.75) is 68.8 Å². The zero-order chi connectivity index (χ0) is 21.5. The Morgan fingerprint density at radius 3 is 2.40 bits per heavy atom. The van der Waals surface area contributed by atoms with E-state index in [-0.39, 0.29) is 6.61 Å². The molecule has 0 aromatic carbocycles. The quantitative estimate of drug-likeness (QED) is 0.674. The average Bonchev–Trinajstić information content (AvgIpc) is 3.39. The number of nitrogens with one attached hydrogen (secondary N) is 1. The SMILES string of the molecule is COCc1nc(C(C)(C)O)sc1[S-](=O)=NC(=O)Nc1c2c(nc3c1CCC3)CCC2. The first-order valence-electron chi connectivity index (χ1n) is 9.97. The number of amides is 2. The van der Waals surface area contributed by atoms with Gasteiger partial charge in [-0.3, -0.25) is 4.98 Å². The number of aromatic nitrogens is 2. The molecule has 162 valence electrons. The molecule has 2 heterocycles. The second kappa shape index (κ2) is 8.33. The monoisotopic (exact) mass is 449 g/mol. The van der Waals surface area contributed by atoms with Gasteiger partial charge in [-0.15, -0.1) is 21.9 Å². The molecule has 2 aromatic heterocycles. The van der Waals surface area contributed by atoms with E-state index in [1.165, 1.54) is 7.11 Å². The van der Waals surface area contributed by atoms with E-state index in [1.807, 2.05) is 0 Å². The Morgan fingerprint density at radius 1 is 1.20 bits per heavy atom. The largest absolute Gasteiger partial charge is 0.439 e. The van der Waals surface area contributed by atoms with Crippen LogP contribution >= 0.6 is 11.3 Å². The molecule has 0 bridgehead atoms. The highest BCUT2D eigenvalue weighted by molar-refractivity contribution is 7.78. The van der Waals surface area contributed by atoms with Crippen LogP contribution in [0.15, 0.2) is 8.57 Å². The normalized spacial score (nSPS) is 16.5. The molecular weight excluding hydrogens is 424 g/mol. The number of aryl methyl sites for hydroxylation is 2. The van der Waals surface area contributed by atoms with E-state index in [4.69, 9.17) is 9.72 Å². The van der Waals surface area contributed by atoms with Crippen molar-refractivity contribution in [1.82, 2.24) is 9.97 Å². The minimum absolute atomic E-state index is 0.121. The molecule has 10 heteroatoms. The van der Waals surface area contributed by atoms with E-state index in [2.05, 4.69) is 14.7 Å². The van der Waals surface area contributed by atoms with Gasteiger partial charge in [-0.2, -0.15) is 0 Å². The zero-order valence-electron chi connectivity index (χ0n) is 17.3. The first-order valence-corrected chi connectivity index (χ1v) is 11.9. The maximum absolute atomic E-state index is 12.9. The third kappa shape index (κ3) is 4.14. The third-order valence-electron chi connectivity index (χ3n) is 5.27. The fourth-order valence-electron chi connectivity index (χ4n) is 3.95. The first-order chi connectivity index (χ1) is 14.3. The van der Waals surface area contributed by atoms with E-state index in [0.29, 0.717) is 14.9 Å². The molecule has 8 nitrogen and oxygen atoms in total. The van der Waals surface area contributed by atoms with Gasteiger partial charge in [0.1, 0.15) is 10.6 Å². The fraction of sp³-hybridized carbons (Fsp3) is 0.550. The van der Waals surface area contributed by atoms with Gasteiger partial charge in [0.15, 0.2) is 0 Å². The van der Waals surface area contributed by atoms with Crippen LogP contribution in [-0.4, -0.2) is 28.2 Å². The van der Waals surface area contributed by atoms with Crippen LogP contribution in [0.25, 0.3) is 0 Å². The van der Waals surface area contributed by atoms with Gasteiger partial charge in [-0.25, -0.2) is 9.78 Å². The summed E-state index contributed by atoms with van der Waals surface area (Å²) >= 11 is 1.08. The van der Waals surface area contributed by atoms with E-state index in [0.717, 1.165) is 78.1 Å². The second-order valence-corrected chi connectivity index (χ2v) is 10.4. The van der Waals surface area contributed by atoms with Gasteiger partial charge in [-0.05, 0) is 67.7 Å². The number of hydrogen-bond acceptors (Lipinski definition) is 8. The number of nitrogens with zero attached hydrogens (tertiary/aromatic N) is 3. The number of ether oxygens (including phenoxy) is 1. The van der Waals surface area contributed by atoms with E-state index >= 15 is 0 Å². The summed E-state index contributed by atoms with van der Waals surface area (Å²) in [5.41, 5.74) is 4.35. The zero-order valence-corrected chi connectivity index (χ0v) is 18.9. The Balaban J connectivity index is 1.64. The molecule has 0 unspecified atom stereocenters. The molecule has 30 heavy (non-hydrogen) atoms. The van der Waals surface area contributed by atoms with Crippen LogP contribution in [-0.2, 0) is 57.4 Å². The first kappa shape index (κ1) is 21.4. The maximum Gasteiger partial charge on any atom is 0.322 e. The predicted octanol–water partition coefficient (Wildman–Crippen LogP) is 3.63. The van der Waals surface area contributed by atoms with Gasteiger partial charge in [0, 0.05) is 18.5 Å². The summed E-state index contributed by atoms with van der Waals surface area (Å²) < 4.78 is 22.2. The lowest BCUT2D eigenvalue weighted by molar-refractivity contribution is 0.0776. The molecule has 4 rings (SSSR count). The van der Waals surface area contributed by atoms with Crippen molar-refractivity contribution < 1.29 is 18.8 Å². The van der Waals surface area contributed by atoms with Crippen molar-refractivity contribution in [3.8, 4) is 0 Å². The molecule has 0 saturated carbocycles. The predicted molar refractivity (Wildman–Crippen MR) is 114 cm³/mol. The number of carbonyl (C=O) groups is 1. The number of fused-ring (bicyclic) bond motifs is 2. The minimum Gasteiger partial charge on any atom is -0.439 e.